The molecule has 3 nitrogen and oxygen atoms in total. The van der Waals surface area contributed by atoms with Gasteiger partial charge in [-0.1, -0.05) is 39.0 Å². The number of aromatic amines is 1. The maximum absolute atomic E-state index is 14.8. The first-order valence-corrected chi connectivity index (χ1v) is 9.08. The zero-order valence-electron chi connectivity index (χ0n) is 14.6. The molecule has 3 aromatic rings. The summed E-state index contributed by atoms with van der Waals surface area (Å²) in [6.45, 7) is 2.74. The van der Waals surface area contributed by atoms with Crippen LogP contribution in [0.25, 0.3) is 21.7 Å². The van der Waals surface area contributed by atoms with Crippen molar-refractivity contribution in [1.82, 2.24) is 4.98 Å². The molecule has 1 aromatic heterocycles. The smallest absolute Gasteiger partial charge is 0.248 e. The van der Waals surface area contributed by atoms with Crippen molar-refractivity contribution in [1.29, 1.82) is 0 Å². The lowest BCUT2D eigenvalue weighted by Crippen LogP contribution is -2.03. The lowest BCUT2D eigenvalue weighted by atomic mass is 10.0. The second-order valence-electron chi connectivity index (χ2n) is 6.44. The summed E-state index contributed by atoms with van der Waals surface area (Å²) in [5, 5.41) is 2.12. The normalized spacial score (nSPS) is 11.3. The average molecular weight is 341 g/mol. The molecule has 0 spiro atoms. The Balaban J connectivity index is 1.73. The van der Waals surface area contributed by atoms with Crippen molar-refractivity contribution in [3.05, 3.63) is 52.6 Å². The van der Waals surface area contributed by atoms with E-state index in [9.17, 15) is 9.18 Å². The van der Waals surface area contributed by atoms with Crippen molar-refractivity contribution < 1.29 is 9.13 Å². The molecule has 0 aliphatic rings. The Hall–Kier alpha value is -2.36. The van der Waals surface area contributed by atoms with Crippen molar-refractivity contribution in [2.45, 2.75) is 45.4 Å². The first-order chi connectivity index (χ1) is 12.2. The number of halogens is 1. The lowest BCUT2D eigenvalue weighted by Gasteiger charge is -2.10. The molecule has 0 bridgehead atoms. The molecule has 0 amide bonds. The Labute approximate surface area is 146 Å². The molecule has 4 heteroatoms. The number of hydrogen-bond donors (Lipinski definition) is 1. The molecule has 0 aliphatic heterocycles. The molecule has 0 saturated heterocycles. The van der Waals surface area contributed by atoms with Gasteiger partial charge in [-0.25, -0.2) is 4.39 Å². The van der Waals surface area contributed by atoms with Crippen molar-refractivity contribution in [2.75, 3.05) is 6.61 Å². The highest BCUT2D eigenvalue weighted by Gasteiger charge is 2.11. The molecular weight excluding hydrogens is 317 g/mol. The molecule has 0 radical (unpaired) electrons. The van der Waals surface area contributed by atoms with Gasteiger partial charge in [0.2, 0.25) is 5.56 Å². The molecular formula is C21H24FNO2. The number of aromatic nitrogens is 1. The fraction of sp³-hybridized carbons (Fsp3) is 0.381. The van der Waals surface area contributed by atoms with Crippen LogP contribution in [-0.2, 0) is 0 Å². The summed E-state index contributed by atoms with van der Waals surface area (Å²) in [4.78, 5) is 14.2. The Morgan fingerprint density at radius 1 is 0.880 bits per heavy atom. The number of benzene rings is 2. The van der Waals surface area contributed by atoms with Crippen molar-refractivity contribution in [2.24, 2.45) is 0 Å². The molecule has 1 N–H and O–H groups in total. The fourth-order valence-electron chi connectivity index (χ4n) is 3.17. The number of pyridine rings is 1. The monoisotopic (exact) mass is 341 g/mol. The second kappa shape index (κ2) is 8.15. The maximum Gasteiger partial charge on any atom is 0.248 e. The van der Waals surface area contributed by atoms with Crippen LogP contribution in [0.2, 0.25) is 0 Å². The number of nitrogens with one attached hydrogen (secondary N) is 1. The minimum atomic E-state index is -0.336. The Bertz CT molecular complexity index is 917. The molecule has 3 rings (SSSR count). The van der Waals surface area contributed by atoms with Gasteiger partial charge in [0.05, 0.1) is 6.61 Å². The highest BCUT2D eigenvalue weighted by Crippen LogP contribution is 2.30. The molecule has 2 aromatic carbocycles. The summed E-state index contributed by atoms with van der Waals surface area (Å²) in [5.41, 5.74) is 0.548. The molecule has 132 valence electrons. The molecule has 0 aliphatic carbocycles. The van der Waals surface area contributed by atoms with E-state index in [1.807, 2.05) is 6.07 Å². The third-order valence-corrected chi connectivity index (χ3v) is 4.56. The molecule has 1 heterocycles. The number of fused-ring (bicyclic) bond motifs is 3. The largest absolute Gasteiger partial charge is 0.490 e. The molecule has 0 unspecified atom stereocenters. The van der Waals surface area contributed by atoms with Gasteiger partial charge >= 0.3 is 0 Å². The minimum Gasteiger partial charge on any atom is -0.490 e. The third kappa shape index (κ3) is 4.01. The van der Waals surface area contributed by atoms with Gasteiger partial charge in [0, 0.05) is 22.4 Å². The Kier molecular flexibility index (Phi) is 5.69. The highest BCUT2D eigenvalue weighted by molar-refractivity contribution is 6.06. The van der Waals surface area contributed by atoms with Crippen molar-refractivity contribution in [3.63, 3.8) is 0 Å². The average Bonchev–Trinajstić information content (AvgIpc) is 2.62. The fourth-order valence-corrected chi connectivity index (χ4v) is 3.17. The summed E-state index contributed by atoms with van der Waals surface area (Å²) in [7, 11) is 0. The van der Waals surface area contributed by atoms with Crippen molar-refractivity contribution in [3.8, 4) is 5.75 Å². The summed E-state index contributed by atoms with van der Waals surface area (Å²) in [6, 6.07) is 10.2. The predicted molar refractivity (Wildman–Crippen MR) is 101 cm³/mol. The van der Waals surface area contributed by atoms with Gasteiger partial charge in [0.25, 0.3) is 0 Å². The van der Waals surface area contributed by atoms with Gasteiger partial charge in [-0.15, -0.1) is 0 Å². The van der Waals surface area contributed by atoms with Gasteiger partial charge in [0.1, 0.15) is 0 Å². The van der Waals surface area contributed by atoms with E-state index in [0.717, 1.165) is 23.6 Å². The maximum atomic E-state index is 14.8. The summed E-state index contributed by atoms with van der Waals surface area (Å²) < 4.78 is 20.4. The van der Waals surface area contributed by atoms with Gasteiger partial charge < -0.3 is 9.72 Å². The standard InChI is InChI=1S/C21H24FNO2/c1-2-3-4-5-6-7-14-25-19-12-9-15-16-10-13-20(24)23-18(16)11-8-17(15)21(19)22/h8-13H,2-7,14H2,1H3,(H,23,24). The highest BCUT2D eigenvalue weighted by atomic mass is 19.1. The summed E-state index contributed by atoms with van der Waals surface area (Å²) in [6.07, 6.45) is 7.05. The van der Waals surface area contributed by atoms with Crippen LogP contribution in [0.5, 0.6) is 5.75 Å². The van der Waals surface area contributed by atoms with E-state index in [2.05, 4.69) is 11.9 Å². The van der Waals surface area contributed by atoms with Crippen LogP contribution >= 0.6 is 0 Å². The topological polar surface area (TPSA) is 42.1 Å². The Morgan fingerprint density at radius 2 is 1.60 bits per heavy atom. The van der Waals surface area contributed by atoms with Gasteiger partial charge in [-0.3, -0.25) is 4.79 Å². The quantitative estimate of drug-likeness (QED) is 0.430. The van der Waals surface area contributed by atoms with E-state index < -0.39 is 0 Å². The zero-order chi connectivity index (χ0) is 17.6. The van der Waals surface area contributed by atoms with Gasteiger partial charge in [-0.05, 0) is 42.1 Å². The summed E-state index contributed by atoms with van der Waals surface area (Å²) >= 11 is 0. The van der Waals surface area contributed by atoms with E-state index >= 15 is 0 Å². The second-order valence-corrected chi connectivity index (χ2v) is 6.44. The van der Waals surface area contributed by atoms with Crippen LogP contribution in [0.1, 0.15) is 45.4 Å². The molecule has 0 fully saturated rings. The Morgan fingerprint density at radius 3 is 2.44 bits per heavy atom. The molecule has 0 saturated carbocycles. The van der Waals surface area contributed by atoms with Gasteiger partial charge in [0.15, 0.2) is 11.6 Å². The number of ether oxygens (including phenoxy) is 1. The van der Waals surface area contributed by atoms with Gasteiger partial charge in [-0.2, -0.15) is 0 Å². The SMILES string of the molecule is CCCCCCCCOc1ccc2c(ccc3[nH]c(=O)ccc32)c1F. The minimum absolute atomic E-state index is 0.161. The summed E-state index contributed by atoms with van der Waals surface area (Å²) in [5.74, 6) is -0.0404. The number of H-pyrrole nitrogens is 1. The predicted octanol–water partition coefficient (Wildman–Crippen LogP) is 5.56. The lowest BCUT2D eigenvalue weighted by molar-refractivity contribution is 0.291. The van der Waals surface area contributed by atoms with Crippen LogP contribution in [0.15, 0.2) is 41.2 Å². The number of unbranched alkanes of at least 4 members (excludes halogenated alkanes) is 5. The number of hydrogen-bond acceptors (Lipinski definition) is 2. The van der Waals surface area contributed by atoms with E-state index in [1.54, 1.807) is 24.3 Å². The van der Waals surface area contributed by atoms with Crippen LogP contribution in [0, 0.1) is 5.82 Å². The molecule has 25 heavy (non-hydrogen) atoms. The van der Waals surface area contributed by atoms with E-state index in [0.29, 0.717) is 23.3 Å². The first-order valence-electron chi connectivity index (χ1n) is 9.08. The number of rotatable bonds is 8. The van der Waals surface area contributed by atoms with Crippen LogP contribution < -0.4 is 10.3 Å². The van der Waals surface area contributed by atoms with E-state index in [4.69, 9.17) is 4.74 Å². The van der Waals surface area contributed by atoms with E-state index in [-0.39, 0.29) is 11.4 Å². The van der Waals surface area contributed by atoms with Crippen molar-refractivity contribution >= 4 is 21.7 Å². The van der Waals surface area contributed by atoms with E-state index in [1.165, 1.54) is 31.7 Å². The molecule has 0 atom stereocenters. The zero-order valence-corrected chi connectivity index (χ0v) is 14.6. The third-order valence-electron chi connectivity index (χ3n) is 4.56. The van der Waals surface area contributed by atoms with Crippen LogP contribution in [0.4, 0.5) is 4.39 Å². The van der Waals surface area contributed by atoms with Crippen LogP contribution in [0.3, 0.4) is 0 Å². The first kappa shape index (κ1) is 17.5. The van der Waals surface area contributed by atoms with Crippen LogP contribution in [-0.4, -0.2) is 11.6 Å².